The van der Waals surface area contributed by atoms with Crippen molar-refractivity contribution in [2.24, 2.45) is 17.6 Å². The normalized spacial score (nSPS) is 26.9. The summed E-state index contributed by atoms with van der Waals surface area (Å²) in [5.74, 6) is -0.260. The van der Waals surface area contributed by atoms with E-state index in [1.807, 2.05) is 23.1 Å². The molecule has 1 aliphatic carbocycles. The molecule has 5 atom stereocenters. The van der Waals surface area contributed by atoms with Gasteiger partial charge < -0.3 is 30.0 Å². The van der Waals surface area contributed by atoms with Crippen LogP contribution in [0.3, 0.4) is 0 Å². The van der Waals surface area contributed by atoms with Crippen molar-refractivity contribution in [1.29, 1.82) is 0 Å². The van der Waals surface area contributed by atoms with Crippen molar-refractivity contribution in [2.75, 3.05) is 26.8 Å². The van der Waals surface area contributed by atoms with Gasteiger partial charge in [0.2, 0.25) is 5.91 Å². The molecular formula is C28H44N2O5Si. The second kappa shape index (κ2) is 11.0. The number of amides is 1. The number of nitrogens with zero attached hydrogens (tertiary/aromatic N) is 1. The summed E-state index contributed by atoms with van der Waals surface area (Å²) in [5, 5.41) is 24.6. The minimum atomic E-state index is -1.67. The summed E-state index contributed by atoms with van der Waals surface area (Å²) in [7, 11) is 0.0263. The number of likely N-dealkylation sites (tertiary alicyclic amines) is 1. The number of methoxy groups -OCH3 is 1. The lowest BCUT2D eigenvalue weighted by Gasteiger charge is -2.43. The lowest BCUT2D eigenvalue weighted by molar-refractivity contribution is -0.141. The first-order valence-corrected chi connectivity index (χ1v) is 17.0. The number of unbranched alkanes of at least 4 members (excludes halogenated alkanes) is 1. The van der Waals surface area contributed by atoms with E-state index in [0.717, 1.165) is 47.6 Å². The number of carbonyl (C=O) groups excluding carboxylic acids is 1. The van der Waals surface area contributed by atoms with Crippen LogP contribution in [-0.2, 0) is 15.1 Å². The minimum absolute atomic E-state index is 0.0657. The third-order valence-electron chi connectivity index (χ3n) is 8.26. The van der Waals surface area contributed by atoms with Gasteiger partial charge in [0, 0.05) is 50.1 Å². The van der Waals surface area contributed by atoms with Gasteiger partial charge in [-0.1, -0.05) is 31.8 Å². The lowest BCUT2D eigenvalue weighted by Crippen LogP contribution is -2.49. The van der Waals surface area contributed by atoms with Crippen LogP contribution in [0.1, 0.15) is 50.5 Å². The number of hydrogen-bond donors (Lipinski definition) is 3. The summed E-state index contributed by atoms with van der Waals surface area (Å²) in [6, 6.07) is 7.80. The van der Waals surface area contributed by atoms with Crippen LogP contribution in [0.2, 0.25) is 19.6 Å². The van der Waals surface area contributed by atoms with E-state index >= 15 is 0 Å². The first-order chi connectivity index (χ1) is 17.0. The largest absolute Gasteiger partial charge is 0.466 e. The molecule has 1 aliphatic heterocycles. The number of hydrogen-bond acceptors (Lipinski definition) is 6. The van der Waals surface area contributed by atoms with Crippen molar-refractivity contribution in [3.8, 4) is 0 Å². The highest BCUT2D eigenvalue weighted by Crippen LogP contribution is 2.43. The number of furan rings is 1. The van der Waals surface area contributed by atoms with Crippen LogP contribution < -0.4 is 11.1 Å². The van der Waals surface area contributed by atoms with E-state index in [-0.39, 0.29) is 23.8 Å². The Labute approximate surface area is 216 Å². The van der Waals surface area contributed by atoms with Crippen LogP contribution in [0.4, 0.5) is 0 Å². The predicted octanol–water partition coefficient (Wildman–Crippen LogP) is 3.32. The molecule has 8 heteroatoms. The third-order valence-corrected chi connectivity index (χ3v) is 9.98. The SMILES string of the molecule is COCCCC[C@@](O)(c1cccc2oc([Si](C)(C)C)cc12)[C@@H]1CCCN(C(=O)[C@H]2C[C@@H](N)[C@@H](O)C2)C1. The maximum absolute atomic E-state index is 13.4. The van der Waals surface area contributed by atoms with Gasteiger partial charge in [-0.25, -0.2) is 0 Å². The predicted molar refractivity (Wildman–Crippen MR) is 145 cm³/mol. The van der Waals surface area contributed by atoms with Crippen molar-refractivity contribution in [2.45, 2.75) is 82.3 Å². The molecule has 2 fully saturated rings. The molecule has 0 spiro atoms. The Morgan fingerprint density at radius 1 is 1.28 bits per heavy atom. The molecule has 1 aromatic heterocycles. The van der Waals surface area contributed by atoms with Gasteiger partial charge in [-0.05, 0) is 62.6 Å². The highest BCUT2D eigenvalue weighted by molar-refractivity contribution is 6.87. The number of rotatable bonds is 9. The Balaban J connectivity index is 1.65. The van der Waals surface area contributed by atoms with Crippen molar-refractivity contribution in [3.05, 3.63) is 29.8 Å². The number of fused-ring (bicyclic) bond motifs is 1. The Hall–Kier alpha value is -1.71. The molecule has 1 saturated heterocycles. The molecule has 36 heavy (non-hydrogen) atoms. The van der Waals surface area contributed by atoms with Crippen molar-refractivity contribution in [3.63, 3.8) is 0 Å². The first-order valence-electron chi connectivity index (χ1n) is 13.5. The first kappa shape index (κ1) is 27.3. The fourth-order valence-corrected chi connectivity index (χ4v) is 7.08. The molecule has 200 valence electrons. The van der Waals surface area contributed by atoms with E-state index in [9.17, 15) is 15.0 Å². The second-order valence-electron chi connectivity index (χ2n) is 12.0. The molecule has 0 unspecified atom stereocenters. The van der Waals surface area contributed by atoms with Gasteiger partial charge in [0.05, 0.1) is 17.1 Å². The number of benzene rings is 1. The monoisotopic (exact) mass is 516 g/mol. The van der Waals surface area contributed by atoms with Gasteiger partial charge in [-0.15, -0.1) is 0 Å². The van der Waals surface area contributed by atoms with Gasteiger partial charge in [-0.2, -0.15) is 0 Å². The summed E-state index contributed by atoms with van der Waals surface area (Å²) in [5.41, 5.74) is 6.63. The van der Waals surface area contributed by atoms with Crippen molar-refractivity contribution >= 4 is 30.3 Å². The zero-order chi connectivity index (χ0) is 26.1. The summed E-state index contributed by atoms with van der Waals surface area (Å²) in [6.45, 7) is 8.64. The zero-order valence-electron chi connectivity index (χ0n) is 22.3. The molecule has 0 bridgehead atoms. The molecule has 4 N–H and O–H groups in total. The van der Waals surface area contributed by atoms with E-state index in [0.29, 0.717) is 39.0 Å². The average molecular weight is 517 g/mol. The molecule has 2 aromatic rings. The van der Waals surface area contributed by atoms with E-state index in [1.165, 1.54) is 0 Å². The quantitative estimate of drug-likeness (QED) is 0.348. The van der Waals surface area contributed by atoms with Crippen LogP contribution in [0, 0.1) is 11.8 Å². The molecule has 0 radical (unpaired) electrons. The van der Waals surface area contributed by atoms with Crippen LogP contribution in [0.15, 0.2) is 28.7 Å². The zero-order valence-corrected chi connectivity index (χ0v) is 23.3. The van der Waals surface area contributed by atoms with Crippen molar-refractivity contribution < 1.29 is 24.2 Å². The summed E-state index contributed by atoms with van der Waals surface area (Å²) in [4.78, 5) is 15.3. The topological polar surface area (TPSA) is 109 Å². The molecule has 7 nitrogen and oxygen atoms in total. The van der Waals surface area contributed by atoms with E-state index < -0.39 is 19.8 Å². The van der Waals surface area contributed by atoms with Crippen LogP contribution in [-0.4, -0.2) is 68.0 Å². The number of ether oxygens (including phenoxy) is 1. The van der Waals surface area contributed by atoms with Crippen LogP contribution in [0.5, 0.6) is 0 Å². The van der Waals surface area contributed by atoms with E-state index in [2.05, 4.69) is 25.7 Å². The van der Waals surface area contributed by atoms with Gasteiger partial charge in [0.15, 0.2) is 0 Å². The number of nitrogens with two attached hydrogens (primary N) is 1. The van der Waals surface area contributed by atoms with E-state index in [4.69, 9.17) is 14.9 Å². The summed E-state index contributed by atoms with van der Waals surface area (Å²) < 4.78 is 11.5. The summed E-state index contributed by atoms with van der Waals surface area (Å²) >= 11 is 0. The maximum Gasteiger partial charge on any atom is 0.225 e. The summed E-state index contributed by atoms with van der Waals surface area (Å²) in [6.07, 6.45) is 4.33. The van der Waals surface area contributed by atoms with Gasteiger partial charge >= 0.3 is 0 Å². The highest BCUT2D eigenvalue weighted by atomic mass is 28.3. The molecule has 1 saturated carbocycles. The fraction of sp³-hybridized carbons (Fsp3) is 0.679. The molecule has 2 aliphatic rings. The average Bonchev–Trinajstić information content (AvgIpc) is 3.44. The molecule has 4 rings (SSSR count). The highest BCUT2D eigenvalue weighted by Gasteiger charge is 2.44. The number of carbonyl (C=O) groups is 1. The Morgan fingerprint density at radius 2 is 2.06 bits per heavy atom. The Kier molecular flexibility index (Phi) is 8.31. The molecule has 1 aromatic carbocycles. The minimum Gasteiger partial charge on any atom is -0.466 e. The number of aliphatic hydroxyl groups is 2. The Morgan fingerprint density at radius 3 is 2.72 bits per heavy atom. The standard InChI is InChI=1S/C28H44N2O5Si/c1-34-14-6-5-12-28(33,22-10-7-11-25-21(22)17-26(35-25)36(2,3)4)20-9-8-13-30(18-20)27(32)19-15-23(29)24(31)16-19/h7,10-11,17,19-20,23-24,31,33H,5-6,8-9,12-16,18,29H2,1-4H3/t19-,20+,23+,24-,28-/m0/s1. The molecule has 2 heterocycles. The van der Waals surface area contributed by atoms with E-state index in [1.54, 1.807) is 7.11 Å². The smallest absolute Gasteiger partial charge is 0.225 e. The third kappa shape index (κ3) is 5.58. The molecular weight excluding hydrogens is 472 g/mol. The van der Waals surface area contributed by atoms with Crippen LogP contribution in [0.25, 0.3) is 11.0 Å². The lowest BCUT2D eigenvalue weighted by atomic mass is 9.73. The fourth-order valence-electron chi connectivity index (χ4n) is 6.08. The Bertz CT molecular complexity index is 1040. The maximum atomic E-state index is 13.4. The van der Waals surface area contributed by atoms with Crippen LogP contribution >= 0.6 is 0 Å². The van der Waals surface area contributed by atoms with Gasteiger partial charge in [-0.3, -0.25) is 4.79 Å². The number of aliphatic hydroxyl groups excluding tert-OH is 1. The van der Waals surface area contributed by atoms with Gasteiger partial charge in [0.1, 0.15) is 13.7 Å². The number of piperidine rings is 1. The molecule has 1 amide bonds. The second-order valence-corrected chi connectivity index (χ2v) is 17.0. The van der Waals surface area contributed by atoms with Crippen molar-refractivity contribution in [1.82, 2.24) is 4.90 Å². The van der Waals surface area contributed by atoms with Gasteiger partial charge in [0.25, 0.3) is 0 Å².